The number of halogens is 1. The van der Waals surface area contributed by atoms with Crippen molar-refractivity contribution in [2.45, 2.75) is 19.8 Å². The largest absolute Gasteiger partial charge is 0.496 e. The van der Waals surface area contributed by atoms with Crippen LogP contribution in [0.2, 0.25) is 0 Å². The zero-order valence-corrected chi connectivity index (χ0v) is 10.4. The average Bonchev–Trinajstić information content (AvgIpc) is 2.20. The SMILES string of the molecule is COc1cc(C(C)CN)cc(Br)c1C. The van der Waals surface area contributed by atoms with Gasteiger partial charge in [0.25, 0.3) is 0 Å². The zero-order valence-electron chi connectivity index (χ0n) is 8.80. The highest BCUT2D eigenvalue weighted by atomic mass is 79.9. The summed E-state index contributed by atoms with van der Waals surface area (Å²) < 4.78 is 6.37. The van der Waals surface area contributed by atoms with Gasteiger partial charge in [0.2, 0.25) is 0 Å². The number of benzene rings is 1. The molecule has 0 aliphatic carbocycles. The molecule has 2 nitrogen and oxygen atoms in total. The van der Waals surface area contributed by atoms with Gasteiger partial charge in [-0.2, -0.15) is 0 Å². The van der Waals surface area contributed by atoms with E-state index in [-0.39, 0.29) is 0 Å². The fraction of sp³-hybridized carbons (Fsp3) is 0.455. The number of nitrogens with two attached hydrogens (primary N) is 1. The quantitative estimate of drug-likeness (QED) is 0.904. The van der Waals surface area contributed by atoms with Crippen molar-refractivity contribution in [3.05, 3.63) is 27.7 Å². The first-order chi connectivity index (χ1) is 6.60. The smallest absolute Gasteiger partial charge is 0.123 e. The summed E-state index contributed by atoms with van der Waals surface area (Å²) in [6.07, 6.45) is 0. The van der Waals surface area contributed by atoms with Crippen LogP contribution in [0.5, 0.6) is 5.75 Å². The Balaban J connectivity index is 3.16. The summed E-state index contributed by atoms with van der Waals surface area (Å²) in [6, 6.07) is 4.16. The van der Waals surface area contributed by atoms with Crippen molar-refractivity contribution in [1.82, 2.24) is 0 Å². The molecule has 1 aromatic carbocycles. The number of hydrogen-bond acceptors (Lipinski definition) is 2. The van der Waals surface area contributed by atoms with Crippen molar-refractivity contribution in [2.75, 3.05) is 13.7 Å². The predicted molar refractivity (Wildman–Crippen MR) is 62.9 cm³/mol. The number of ether oxygens (including phenoxy) is 1. The van der Waals surface area contributed by atoms with E-state index >= 15 is 0 Å². The molecule has 1 atom stereocenters. The van der Waals surface area contributed by atoms with E-state index in [4.69, 9.17) is 10.5 Å². The second-order valence-electron chi connectivity index (χ2n) is 3.47. The highest BCUT2D eigenvalue weighted by molar-refractivity contribution is 9.10. The Hall–Kier alpha value is -0.540. The first-order valence-electron chi connectivity index (χ1n) is 4.64. The fourth-order valence-electron chi connectivity index (χ4n) is 1.31. The molecule has 0 saturated heterocycles. The Morgan fingerprint density at radius 1 is 1.50 bits per heavy atom. The van der Waals surface area contributed by atoms with E-state index in [1.807, 2.05) is 6.92 Å². The summed E-state index contributed by atoms with van der Waals surface area (Å²) in [6.45, 7) is 4.79. The van der Waals surface area contributed by atoms with Gasteiger partial charge in [0.05, 0.1) is 7.11 Å². The molecule has 3 heteroatoms. The molecular weight excluding hydrogens is 242 g/mol. The first kappa shape index (κ1) is 11.5. The van der Waals surface area contributed by atoms with Gasteiger partial charge in [-0.3, -0.25) is 0 Å². The van der Waals surface area contributed by atoms with E-state index in [2.05, 4.69) is 35.0 Å². The van der Waals surface area contributed by atoms with Gasteiger partial charge in [-0.25, -0.2) is 0 Å². The van der Waals surface area contributed by atoms with Crippen molar-refractivity contribution in [3.8, 4) is 5.75 Å². The van der Waals surface area contributed by atoms with Gasteiger partial charge in [-0.05, 0) is 37.1 Å². The molecular formula is C11H16BrNO. The molecule has 0 aliphatic heterocycles. The van der Waals surface area contributed by atoms with Crippen LogP contribution in [0.4, 0.5) is 0 Å². The van der Waals surface area contributed by atoms with Gasteiger partial charge in [0.1, 0.15) is 5.75 Å². The molecule has 78 valence electrons. The van der Waals surface area contributed by atoms with Crippen LogP contribution in [-0.2, 0) is 0 Å². The monoisotopic (exact) mass is 257 g/mol. The van der Waals surface area contributed by atoms with Gasteiger partial charge in [-0.15, -0.1) is 0 Å². The van der Waals surface area contributed by atoms with Crippen molar-refractivity contribution < 1.29 is 4.74 Å². The third-order valence-electron chi connectivity index (χ3n) is 2.46. The molecule has 1 unspecified atom stereocenters. The Morgan fingerprint density at radius 2 is 2.14 bits per heavy atom. The van der Waals surface area contributed by atoms with Crippen LogP contribution in [-0.4, -0.2) is 13.7 Å². The van der Waals surface area contributed by atoms with Crippen molar-refractivity contribution in [2.24, 2.45) is 5.73 Å². The molecule has 0 bridgehead atoms. The third-order valence-corrected chi connectivity index (χ3v) is 3.29. The topological polar surface area (TPSA) is 35.2 Å². The molecule has 1 aromatic rings. The molecule has 0 amide bonds. The van der Waals surface area contributed by atoms with Gasteiger partial charge in [0.15, 0.2) is 0 Å². The standard InChI is InChI=1S/C11H16BrNO/c1-7(6-13)9-4-10(12)8(2)11(5-9)14-3/h4-5,7H,6,13H2,1-3H3. The van der Waals surface area contributed by atoms with Crippen LogP contribution in [0.3, 0.4) is 0 Å². The molecule has 2 N–H and O–H groups in total. The van der Waals surface area contributed by atoms with Crippen LogP contribution in [0.25, 0.3) is 0 Å². The Bertz CT molecular complexity index is 325. The molecule has 1 rings (SSSR count). The zero-order chi connectivity index (χ0) is 10.7. The van der Waals surface area contributed by atoms with E-state index in [0.29, 0.717) is 12.5 Å². The lowest BCUT2D eigenvalue weighted by Crippen LogP contribution is -2.09. The summed E-state index contributed by atoms with van der Waals surface area (Å²) in [5, 5.41) is 0. The Morgan fingerprint density at radius 3 is 2.64 bits per heavy atom. The lowest BCUT2D eigenvalue weighted by molar-refractivity contribution is 0.410. The molecule has 14 heavy (non-hydrogen) atoms. The van der Waals surface area contributed by atoms with E-state index in [1.54, 1.807) is 7.11 Å². The molecule has 0 fully saturated rings. The van der Waals surface area contributed by atoms with Crippen LogP contribution >= 0.6 is 15.9 Å². The van der Waals surface area contributed by atoms with Gasteiger partial charge < -0.3 is 10.5 Å². The minimum Gasteiger partial charge on any atom is -0.496 e. The van der Waals surface area contributed by atoms with Gasteiger partial charge >= 0.3 is 0 Å². The van der Waals surface area contributed by atoms with Crippen molar-refractivity contribution in [3.63, 3.8) is 0 Å². The van der Waals surface area contributed by atoms with Gasteiger partial charge in [0, 0.05) is 10.0 Å². The third kappa shape index (κ3) is 2.28. The van der Waals surface area contributed by atoms with Crippen molar-refractivity contribution >= 4 is 15.9 Å². The highest BCUT2D eigenvalue weighted by Crippen LogP contribution is 2.30. The number of hydrogen-bond donors (Lipinski definition) is 1. The second kappa shape index (κ2) is 4.80. The van der Waals surface area contributed by atoms with Crippen LogP contribution in [0.1, 0.15) is 24.0 Å². The Kier molecular flexibility index (Phi) is 3.96. The molecule has 0 heterocycles. The van der Waals surface area contributed by atoms with E-state index in [1.165, 1.54) is 5.56 Å². The fourth-order valence-corrected chi connectivity index (χ4v) is 1.77. The maximum absolute atomic E-state index is 5.63. The van der Waals surface area contributed by atoms with Crippen molar-refractivity contribution in [1.29, 1.82) is 0 Å². The molecule has 0 aromatic heterocycles. The maximum atomic E-state index is 5.63. The minimum atomic E-state index is 0.362. The van der Waals surface area contributed by atoms with E-state index < -0.39 is 0 Å². The summed E-state index contributed by atoms with van der Waals surface area (Å²) in [4.78, 5) is 0. The lowest BCUT2D eigenvalue weighted by atomic mass is 10.00. The van der Waals surface area contributed by atoms with Crippen LogP contribution in [0.15, 0.2) is 16.6 Å². The van der Waals surface area contributed by atoms with E-state index in [9.17, 15) is 0 Å². The van der Waals surface area contributed by atoms with Crippen LogP contribution in [0, 0.1) is 6.92 Å². The van der Waals surface area contributed by atoms with E-state index in [0.717, 1.165) is 15.8 Å². The summed E-state index contributed by atoms with van der Waals surface area (Å²) in [5.41, 5.74) is 7.96. The summed E-state index contributed by atoms with van der Waals surface area (Å²) >= 11 is 3.51. The minimum absolute atomic E-state index is 0.362. The summed E-state index contributed by atoms with van der Waals surface area (Å²) in [5.74, 6) is 1.27. The average molecular weight is 258 g/mol. The van der Waals surface area contributed by atoms with Gasteiger partial charge in [-0.1, -0.05) is 22.9 Å². The van der Waals surface area contributed by atoms with Crippen LogP contribution < -0.4 is 10.5 Å². The molecule has 0 saturated carbocycles. The second-order valence-corrected chi connectivity index (χ2v) is 4.32. The maximum Gasteiger partial charge on any atom is 0.123 e. The molecule has 0 radical (unpaired) electrons. The first-order valence-corrected chi connectivity index (χ1v) is 5.43. The summed E-state index contributed by atoms with van der Waals surface area (Å²) in [7, 11) is 1.69. The molecule has 0 aliphatic rings. The number of methoxy groups -OCH3 is 1. The highest BCUT2D eigenvalue weighted by Gasteiger charge is 2.09. The Labute approximate surface area is 93.6 Å². The normalized spacial score (nSPS) is 12.6. The lowest BCUT2D eigenvalue weighted by Gasteiger charge is -2.13. The number of rotatable bonds is 3. The predicted octanol–water partition coefficient (Wildman–Crippen LogP) is 2.83. The molecule has 0 spiro atoms.